The highest BCUT2D eigenvalue weighted by Gasteiger charge is 2.22. The molecule has 1 fully saturated rings. The van der Waals surface area contributed by atoms with E-state index in [1.54, 1.807) is 0 Å². The first-order chi connectivity index (χ1) is 8.58. The van der Waals surface area contributed by atoms with E-state index in [1.807, 2.05) is 18.2 Å². The van der Waals surface area contributed by atoms with Crippen LogP contribution in [0.3, 0.4) is 0 Å². The average molecular weight is 287 g/mol. The van der Waals surface area contributed by atoms with E-state index in [0.717, 1.165) is 5.69 Å². The highest BCUT2D eigenvalue weighted by atomic mass is 35.5. The summed E-state index contributed by atoms with van der Waals surface area (Å²) in [6.45, 7) is 4.59. The Morgan fingerprint density at radius 2 is 1.94 bits per heavy atom. The Morgan fingerprint density at radius 1 is 1.28 bits per heavy atom. The second kappa shape index (κ2) is 6.14. The molecule has 1 aliphatic rings. The summed E-state index contributed by atoms with van der Waals surface area (Å²) in [7, 11) is 2.18. The van der Waals surface area contributed by atoms with E-state index in [9.17, 15) is 0 Å². The third-order valence-electron chi connectivity index (χ3n) is 3.81. The largest absolute Gasteiger partial charge is 0.381 e. The Kier molecular flexibility index (Phi) is 4.77. The van der Waals surface area contributed by atoms with Gasteiger partial charge in [0.1, 0.15) is 0 Å². The van der Waals surface area contributed by atoms with Crippen LogP contribution in [0.15, 0.2) is 18.2 Å². The fourth-order valence-electron chi connectivity index (χ4n) is 2.51. The second-order valence-corrected chi connectivity index (χ2v) is 5.96. The molecular formula is C14H20Cl2N2. The first-order valence-corrected chi connectivity index (χ1v) is 7.22. The Labute approximate surface area is 119 Å². The summed E-state index contributed by atoms with van der Waals surface area (Å²) in [6.07, 6.45) is 2.48. The molecule has 2 rings (SSSR count). The Morgan fingerprint density at radius 3 is 2.61 bits per heavy atom. The molecule has 0 bridgehead atoms. The molecular weight excluding hydrogens is 267 g/mol. The van der Waals surface area contributed by atoms with Gasteiger partial charge in [-0.25, -0.2) is 0 Å². The maximum absolute atomic E-state index is 6.20. The molecule has 1 unspecified atom stereocenters. The summed E-state index contributed by atoms with van der Waals surface area (Å²) < 4.78 is 0. The number of rotatable bonds is 3. The molecule has 0 aromatic heterocycles. The minimum atomic E-state index is 0.426. The van der Waals surface area contributed by atoms with Crippen molar-refractivity contribution >= 4 is 28.9 Å². The predicted molar refractivity (Wildman–Crippen MR) is 79.8 cm³/mol. The van der Waals surface area contributed by atoms with Gasteiger partial charge in [0.25, 0.3) is 0 Å². The lowest BCUT2D eigenvalue weighted by molar-refractivity contribution is 0.208. The molecule has 0 spiro atoms. The molecule has 1 atom stereocenters. The molecule has 0 aliphatic carbocycles. The fraction of sp³-hybridized carbons (Fsp3) is 0.571. The van der Waals surface area contributed by atoms with E-state index >= 15 is 0 Å². The standard InChI is InChI=1S/C14H20Cl2N2/c1-10(11-6-8-18(2)9-7-11)17-13-5-3-4-12(15)14(13)16/h3-5,10-11,17H,6-9H2,1-2H3. The molecule has 1 aromatic rings. The Hall–Kier alpha value is -0.440. The summed E-state index contributed by atoms with van der Waals surface area (Å²) in [5, 5.41) is 4.73. The molecule has 1 saturated heterocycles. The van der Waals surface area contributed by atoms with Crippen molar-refractivity contribution in [2.45, 2.75) is 25.8 Å². The van der Waals surface area contributed by atoms with Gasteiger partial charge in [-0.1, -0.05) is 29.3 Å². The molecule has 18 heavy (non-hydrogen) atoms. The van der Waals surface area contributed by atoms with Gasteiger partial charge < -0.3 is 10.2 Å². The number of likely N-dealkylation sites (tertiary alicyclic amines) is 1. The van der Waals surface area contributed by atoms with Gasteiger partial charge in [0.15, 0.2) is 0 Å². The molecule has 1 aromatic carbocycles. The molecule has 1 heterocycles. The van der Waals surface area contributed by atoms with Crippen LogP contribution in [0.4, 0.5) is 5.69 Å². The van der Waals surface area contributed by atoms with Crippen LogP contribution >= 0.6 is 23.2 Å². The van der Waals surface area contributed by atoms with Gasteiger partial charge in [-0.3, -0.25) is 0 Å². The lowest BCUT2D eigenvalue weighted by Gasteiger charge is -2.33. The van der Waals surface area contributed by atoms with E-state index in [0.29, 0.717) is 22.0 Å². The summed E-state index contributed by atoms with van der Waals surface area (Å²) in [6, 6.07) is 6.15. The van der Waals surface area contributed by atoms with Crippen molar-refractivity contribution in [1.82, 2.24) is 4.90 Å². The van der Waals surface area contributed by atoms with Crippen LogP contribution in [0.1, 0.15) is 19.8 Å². The van der Waals surface area contributed by atoms with Crippen molar-refractivity contribution in [2.24, 2.45) is 5.92 Å². The Bertz CT molecular complexity index is 401. The van der Waals surface area contributed by atoms with Crippen LogP contribution in [-0.4, -0.2) is 31.1 Å². The molecule has 0 saturated carbocycles. The van der Waals surface area contributed by atoms with Gasteiger partial charge in [0.2, 0.25) is 0 Å². The molecule has 1 aliphatic heterocycles. The lowest BCUT2D eigenvalue weighted by Crippen LogP contribution is -2.37. The normalized spacial score (nSPS) is 19.8. The fourth-order valence-corrected chi connectivity index (χ4v) is 2.86. The van der Waals surface area contributed by atoms with E-state index < -0.39 is 0 Å². The molecule has 2 nitrogen and oxygen atoms in total. The number of piperidine rings is 1. The molecule has 0 amide bonds. The van der Waals surface area contributed by atoms with Crippen LogP contribution in [0, 0.1) is 5.92 Å². The number of halogens is 2. The number of benzene rings is 1. The van der Waals surface area contributed by atoms with Gasteiger partial charge >= 0.3 is 0 Å². The van der Waals surface area contributed by atoms with Crippen LogP contribution in [0.25, 0.3) is 0 Å². The predicted octanol–water partition coefficient (Wildman–Crippen LogP) is 4.14. The first kappa shape index (κ1) is 14.0. The van der Waals surface area contributed by atoms with Crippen LogP contribution in [0.2, 0.25) is 10.0 Å². The minimum absolute atomic E-state index is 0.426. The van der Waals surface area contributed by atoms with Crippen molar-refractivity contribution in [2.75, 3.05) is 25.5 Å². The third-order valence-corrected chi connectivity index (χ3v) is 4.62. The minimum Gasteiger partial charge on any atom is -0.381 e. The maximum atomic E-state index is 6.20. The zero-order valence-electron chi connectivity index (χ0n) is 10.9. The second-order valence-electron chi connectivity index (χ2n) is 5.18. The molecule has 4 heteroatoms. The third kappa shape index (κ3) is 3.31. The van der Waals surface area contributed by atoms with E-state index in [-0.39, 0.29) is 0 Å². The van der Waals surface area contributed by atoms with Crippen LogP contribution in [-0.2, 0) is 0 Å². The Balaban J connectivity index is 1.98. The summed E-state index contributed by atoms with van der Waals surface area (Å²) in [4.78, 5) is 2.38. The zero-order valence-corrected chi connectivity index (χ0v) is 12.4. The van der Waals surface area contributed by atoms with Crippen molar-refractivity contribution < 1.29 is 0 Å². The zero-order chi connectivity index (χ0) is 13.1. The van der Waals surface area contributed by atoms with Crippen molar-refractivity contribution in [3.05, 3.63) is 28.2 Å². The molecule has 100 valence electrons. The van der Waals surface area contributed by atoms with Crippen molar-refractivity contribution in [3.63, 3.8) is 0 Å². The highest BCUT2D eigenvalue weighted by Crippen LogP contribution is 2.31. The topological polar surface area (TPSA) is 15.3 Å². The number of nitrogens with zero attached hydrogens (tertiary/aromatic N) is 1. The molecule has 1 N–H and O–H groups in total. The summed E-state index contributed by atoms with van der Waals surface area (Å²) in [5.41, 5.74) is 0.940. The summed E-state index contributed by atoms with van der Waals surface area (Å²) >= 11 is 12.2. The van der Waals surface area contributed by atoms with Crippen molar-refractivity contribution in [3.8, 4) is 0 Å². The number of anilines is 1. The van der Waals surface area contributed by atoms with Crippen LogP contribution < -0.4 is 5.32 Å². The number of hydrogen-bond acceptors (Lipinski definition) is 2. The van der Waals surface area contributed by atoms with Crippen molar-refractivity contribution in [1.29, 1.82) is 0 Å². The smallest absolute Gasteiger partial charge is 0.0823 e. The van der Waals surface area contributed by atoms with E-state index in [4.69, 9.17) is 23.2 Å². The lowest BCUT2D eigenvalue weighted by atomic mass is 9.90. The number of nitrogens with one attached hydrogen (secondary N) is 1. The van der Waals surface area contributed by atoms with E-state index in [1.165, 1.54) is 25.9 Å². The van der Waals surface area contributed by atoms with Crippen LogP contribution in [0.5, 0.6) is 0 Å². The first-order valence-electron chi connectivity index (χ1n) is 6.47. The number of hydrogen-bond donors (Lipinski definition) is 1. The highest BCUT2D eigenvalue weighted by molar-refractivity contribution is 6.43. The van der Waals surface area contributed by atoms with Gasteiger partial charge in [-0.15, -0.1) is 0 Å². The van der Waals surface area contributed by atoms with Gasteiger partial charge in [0, 0.05) is 6.04 Å². The van der Waals surface area contributed by atoms with Gasteiger partial charge in [-0.05, 0) is 58.0 Å². The SMILES string of the molecule is CC(Nc1cccc(Cl)c1Cl)C1CCN(C)CC1. The quantitative estimate of drug-likeness (QED) is 0.899. The van der Waals surface area contributed by atoms with Gasteiger partial charge in [-0.2, -0.15) is 0 Å². The maximum Gasteiger partial charge on any atom is 0.0823 e. The average Bonchev–Trinajstić information content (AvgIpc) is 2.36. The van der Waals surface area contributed by atoms with E-state index in [2.05, 4.69) is 24.2 Å². The van der Waals surface area contributed by atoms with Gasteiger partial charge in [0.05, 0.1) is 15.7 Å². The molecule has 0 radical (unpaired) electrons. The monoisotopic (exact) mass is 286 g/mol. The summed E-state index contributed by atoms with van der Waals surface area (Å²) in [5.74, 6) is 0.705.